The van der Waals surface area contributed by atoms with E-state index in [0.29, 0.717) is 37.8 Å². The zero-order valence-corrected chi connectivity index (χ0v) is 13.9. The highest BCUT2D eigenvalue weighted by Crippen LogP contribution is 2.21. The summed E-state index contributed by atoms with van der Waals surface area (Å²) in [6.07, 6.45) is 6.75. The molecule has 2 amide bonds. The Hall–Kier alpha value is -1.96. The molecule has 1 aliphatic carbocycles. The zero-order valence-electron chi connectivity index (χ0n) is 13.9. The predicted octanol–water partition coefficient (Wildman–Crippen LogP) is 1.70. The van der Waals surface area contributed by atoms with Gasteiger partial charge in [-0.05, 0) is 25.7 Å². The third kappa shape index (κ3) is 4.53. The van der Waals surface area contributed by atoms with Crippen molar-refractivity contribution in [2.75, 3.05) is 13.1 Å². The fourth-order valence-electron chi connectivity index (χ4n) is 3.28. The SMILES string of the molecule is Cc1nc(CN2C[C@@H](F)C[C@H]2CNC(=O)NC2C=CCCC2)no1. The fourth-order valence-corrected chi connectivity index (χ4v) is 3.28. The molecule has 7 nitrogen and oxygen atoms in total. The summed E-state index contributed by atoms with van der Waals surface area (Å²) in [6, 6.07) is -0.176. The van der Waals surface area contributed by atoms with Crippen molar-refractivity contribution in [2.45, 2.75) is 57.4 Å². The van der Waals surface area contributed by atoms with Crippen LogP contribution in [0.2, 0.25) is 0 Å². The van der Waals surface area contributed by atoms with Gasteiger partial charge in [0.05, 0.1) is 6.54 Å². The highest BCUT2D eigenvalue weighted by atomic mass is 19.1. The molecule has 2 N–H and O–H groups in total. The van der Waals surface area contributed by atoms with E-state index < -0.39 is 6.17 Å². The molecule has 8 heteroatoms. The molecule has 3 atom stereocenters. The Morgan fingerprint density at radius 1 is 1.54 bits per heavy atom. The van der Waals surface area contributed by atoms with E-state index in [9.17, 15) is 9.18 Å². The van der Waals surface area contributed by atoms with Crippen LogP contribution in [0.3, 0.4) is 0 Å². The summed E-state index contributed by atoms with van der Waals surface area (Å²) < 4.78 is 18.7. The number of likely N-dealkylation sites (tertiary alicyclic amines) is 1. The van der Waals surface area contributed by atoms with Gasteiger partial charge in [-0.1, -0.05) is 17.3 Å². The number of hydrogen-bond acceptors (Lipinski definition) is 5. The number of nitrogens with zero attached hydrogens (tertiary/aromatic N) is 3. The van der Waals surface area contributed by atoms with Crippen molar-refractivity contribution in [3.63, 3.8) is 0 Å². The van der Waals surface area contributed by atoms with E-state index >= 15 is 0 Å². The van der Waals surface area contributed by atoms with Crippen molar-refractivity contribution < 1.29 is 13.7 Å². The van der Waals surface area contributed by atoms with Gasteiger partial charge in [-0.2, -0.15) is 4.98 Å². The molecule has 1 fully saturated rings. The molecule has 2 aliphatic rings. The predicted molar refractivity (Wildman–Crippen MR) is 86.1 cm³/mol. The van der Waals surface area contributed by atoms with Gasteiger partial charge >= 0.3 is 6.03 Å². The number of rotatable bonds is 5. The first kappa shape index (κ1) is 16.9. The summed E-state index contributed by atoms with van der Waals surface area (Å²) in [5.74, 6) is 1.04. The maximum atomic E-state index is 13.8. The number of alkyl halides is 1. The normalized spacial score (nSPS) is 27.3. The van der Waals surface area contributed by atoms with Crippen molar-refractivity contribution in [2.24, 2.45) is 0 Å². The number of urea groups is 1. The minimum Gasteiger partial charge on any atom is -0.340 e. The van der Waals surface area contributed by atoms with Crippen LogP contribution in [0.5, 0.6) is 0 Å². The highest BCUT2D eigenvalue weighted by molar-refractivity contribution is 5.74. The van der Waals surface area contributed by atoms with Gasteiger partial charge in [-0.15, -0.1) is 0 Å². The number of carbonyl (C=O) groups excluding carboxylic acids is 1. The molecule has 2 heterocycles. The van der Waals surface area contributed by atoms with Crippen molar-refractivity contribution in [1.29, 1.82) is 0 Å². The molecule has 24 heavy (non-hydrogen) atoms. The summed E-state index contributed by atoms with van der Waals surface area (Å²) in [5.41, 5.74) is 0. The van der Waals surface area contributed by atoms with Crippen LogP contribution in [0.25, 0.3) is 0 Å². The van der Waals surface area contributed by atoms with Gasteiger partial charge in [-0.3, -0.25) is 4.90 Å². The lowest BCUT2D eigenvalue weighted by Crippen LogP contribution is -2.46. The lowest BCUT2D eigenvalue weighted by molar-refractivity contribution is 0.213. The Morgan fingerprint density at radius 2 is 2.42 bits per heavy atom. The number of hydrogen-bond donors (Lipinski definition) is 2. The van der Waals surface area contributed by atoms with Crippen LogP contribution in [0.15, 0.2) is 16.7 Å². The molecule has 1 aliphatic heterocycles. The minimum atomic E-state index is -0.894. The summed E-state index contributed by atoms with van der Waals surface area (Å²) in [5, 5.41) is 9.64. The fraction of sp³-hybridized carbons (Fsp3) is 0.688. The molecular weight excluding hydrogens is 313 g/mol. The largest absolute Gasteiger partial charge is 0.340 e. The van der Waals surface area contributed by atoms with Gasteiger partial charge in [0.1, 0.15) is 6.17 Å². The lowest BCUT2D eigenvalue weighted by atomic mass is 10.0. The van der Waals surface area contributed by atoms with Crippen molar-refractivity contribution in [1.82, 2.24) is 25.7 Å². The van der Waals surface area contributed by atoms with E-state index in [0.717, 1.165) is 19.3 Å². The summed E-state index contributed by atoms with van der Waals surface area (Å²) in [4.78, 5) is 18.1. The molecule has 0 radical (unpaired) electrons. The van der Waals surface area contributed by atoms with E-state index in [2.05, 4.69) is 26.9 Å². The second-order valence-corrected chi connectivity index (χ2v) is 6.47. The third-order valence-electron chi connectivity index (χ3n) is 4.46. The third-order valence-corrected chi connectivity index (χ3v) is 4.46. The van der Waals surface area contributed by atoms with Gasteiger partial charge < -0.3 is 15.2 Å². The quantitative estimate of drug-likeness (QED) is 0.799. The maximum Gasteiger partial charge on any atom is 0.315 e. The second kappa shape index (κ2) is 7.74. The summed E-state index contributed by atoms with van der Waals surface area (Å²) in [6.45, 7) is 2.88. The van der Waals surface area contributed by atoms with Gasteiger partial charge in [0.2, 0.25) is 5.89 Å². The standard InChI is InChI=1S/C16H24FN5O2/c1-11-19-15(21-24-11)10-22-9-12(17)7-14(22)8-18-16(23)20-13-5-3-2-4-6-13/h3,5,12-14H,2,4,6-10H2,1H3,(H2,18,20,23)/t12-,13?,14-/m0/s1. The van der Waals surface area contributed by atoms with Crippen LogP contribution in [-0.2, 0) is 6.54 Å². The Bertz CT molecular complexity index is 591. The molecular formula is C16H24FN5O2. The molecule has 0 saturated carbocycles. The first-order valence-electron chi connectivity index (χ1n) is 8.48. The van der Waals surface area contributed by atoms with E-state index in [4.69, 9.17) is 4.52 Å². The van der Waals surface area contributed by atoms with E-state index in [1.165, 1.54) is 0 Å². The maximum absolute atomic E-state index is 13.8. The number of carbonyl (C=O) groups is 1. The molecule has 1 aromatic heterocycles. The smallest absolute Gasteiger partial charge is 0.315 e. The Morgan fingerprint density at radius 3 is 3.12 bits per heavy atom. The van der Waals surface area contributed by atoms with Crippen LogP contribution in [0, 0.1) is 6.92 Å². The zero-order chi connectivity index (χ0) is 16.9. The number of amides is 2. The van der Waals surface area contributed by atoms with Crippen molar-refractivity contribution >= 4 is 6.03 Å². The van der Waals surface area contributed by atoms with Crippen molar-refractivity contribution in [3.05, 3.63) is 23.9 Å². The van der Waals surface area contributed by atoms with E-state index in [1.807, 2.05) is 11.0 Å². The molecule has 0 spiro atoms. The first-order chi connectivity index (χ1) is 11.6. The topological polar surface area (TPSA) is 83.3 Å². The van der Waals surface area contributed by atoms with Gasteiger partial charge in [0.15, 0.2) is 5.82 Å². The van der Waals surface area contributed by atoms with Gasteiger partial charge in [0, 0.05) is 32.1 Å². The number of aromatic nitrogens is 2. The molecule has 1 saturated heterocycles. The minimum absolute atomic E-state index is 0.0635. The number of aryl methyl sites for hydroxylation is 1. The lowest BCUT2D eigenvalue weighted by Gasteiger charge is -2.24. The highest BCUT2D eigenvalue weighted by Gasteiger charge is 2.33. The van der Waals surface area contributed by atoms with E-state index in [1.54, 1.807) is 6.92 Å². The van der Waals surface area contributed by atoms with Crippen molar-refractivity contribution in [3.8, 4) is 0 Å². The summed E-state index contributed by atoms with van der Waals surface area (Å²) in [7, 11) is 0. The number of allylic oxidation sites excluding steroid dienone is 1. The van der Waals surface area contributed by atoms with Gasteiger partial charge in [-0.25, -0.2) is 9.18 Å². The van der Waals surface area contributed by atoms with Crippen LogP contribution in [0.4, 0.5) is 9.18 Å². The van der Waals surface area contributed by atoms with Crippen LogP contribution in [0.1, 0.15) is 37.4 Å². The van der Waals surface area contributed by atoms with Crippen LogP contribution >= 0.6 is 0 Å². The molecule has 0 bridgehead atoms. The average Bonchev–Trinajstić information content (AvgIpc) is 3.12. The Kier molecular flexibility index (Phi) is 5.44. The first-order valence-corrected chi connectivity index (χ1v) is 8.48. The second-order valence-electron chi connectivity index (χ2n) is 6.47. The molecule has 1 unspecified atom stereocenters. The van der Waals surface area contributed by atoms with Crippen LogP contribution in [-0.4, -0.2) is 52.4 Å². The Labute approximate surface area is 140 Å². The number of nitrogens with one attached hydrogen (secondary N) is 2. The Balaban J connectivity index is 1.48. The molecule has 0 aromatic carbocycles. The average molecular weight is 337 g/mol. The number of halogens is 1. The monoisotopic (exact) mass is 337 g/mol. The molecule has 3 rings (SSSR count). The van der Waals surface area contributed by atoms with Crippen LogP contribution < -0.4 is 10.6 Å². The molecule has 1 aromatic rings. The summed E-state index contributed by atoms with van der Waals surface area (Å²) >= 11 is 0. The van der Waals surface area contributed by atoms with E-state index in [-0.39, 0.29) is 18.1 Å². The molecule has 132 valence electrons. The van der Waals surface area contributed by atoms with Gasteiger partial charge in [0.25, 0.3) is 0 Å².